The fourth-order valence-electron chi connectivity index (χ4n) is 4.51. The number of aryl methyl sites for hydroxylation is 2. The molecule has 4 heterocycles. The molecule has 4 rings (SSSR count). The number of aromatic nitrogens is 1. The van der Waals surface area contributed by atoms with Crippen molar-refractivity contribution in [3.8, 4) is 5.75 Å². The zero-order chi connectivity index (χ0) is 24.2. The maximum Gasteiger partial charge on any atom is 0.343 e. The number of nitrogens with zero attached hydrogens (tertiary/aromatic N) is 3. The Hall–Kier alpha value is -3.11. The number of carbonyl (C=O) groups is 2. The number of fused-ring (bicyclic) bond motifs is 1. The van der Waals surface area contributed by atoms with E-state index in [0.29, 0.717) is 68.7 Å². The predicted molar refractivity (Wildman–Crippen MR) is 123 cm³/mol. The van der Waals surface area contributed by atoms with Crippen LogP contribution < -0.4 is 10.3 Å². The highest BCUT2D eigenvalue weighted by molar-refractivity contribution is 5.96. The second-order valence-corrected chi connectivity index (χ2v) is 8.48. The lowest BCUT2D eigenvalue weighted by molar-refractivity contribution is 0.0320. The molecule has 0 atom stereocenters. The van der Waals surface area contributed by atoms with E-state index in [4.69, 9.17) is 18.6 Å². The maximum absolute atomic E-state index is 13.1. The molecule has 0 N–H and O–H groups in total. The number of hydrogen-bond donors (Lipinski definition) is 0. The van der Waals surface area contributed by atoms with Crippen molar-refractivity contribution in [2.24, 2.45) is 0 Å². The number of ether oxygens (including phenoxy) is 3. The van der Waals surface area contributed by atoms with Gasteiger partial charge in [0.25, 0.3) is 11.5 Å². The summed E-state index contributed by atoms with van der Waals surface area (Å²) >= 11 is 0. The van der Waals surface area contributed by atoms with Gasteiger partial charge in [-0.3, -0.25) is 14.5 Å². The highest BCUT2D eigenvalue weighted by Crippen LogP contribution is 2.25. The first-order valence-electron chi connectivity index (χ1n) is 11.5. The highest BCUT2D eigenvalue weighted by atomic mass is 16.5. The Morgan fingerprint density at radius 1 is 1.06 bits per heavy atom. The lowest BCUT2D eigenvalue weighted by Crippen LogP contribution is -2.38. The van der Waals surface area contributed by atoms with Gasteiger partial charge in [-0.2, -0.15) is 0 Å². The number of methoxy groups -OCH3 is 1. The Morgan fingerprint density at radius 2 is 1.82 bits per heavy atom. The first-order valence-corrected chi connectivity index (χ1v) is 11.5. The van der Waals surface area contributed by atoms with Crippen molar-refractivity contribution in [2.45, 2.75) is 26.8 Å². The molecule has 0 aromatic carbocycles. The predicted octanol–water partition coefficient (Wildman–Crippen LogP) is 1.25. The standard InChI is InChI=1S/C24H31N3O7/c1-16-14-18(17(2)34-16)23(29)26-5-4-19-22(24(30)31-3)20(15-21(28)27(19)7-6-26)33-13-10-25-8-11-32-12-9-25/h14-15H,4-13H2,1-3H3. The molecule has 1 amide bonds. The van der Waals surface area contributed by atoms with Crippen LogP contribution in [0.1, 0.15) is 37.9 Å². The van der Waals surface area contributed by atoms with E-state index >= 15 is 0 Å². The largest absolute Gasteiger partial charge is 0.491 e. The van der Waals surface area contributed by atoms with Crippen molar-refractivity contribution >= 4 is 11.9 Å². The van der Waals surface area contributed by atoms with Crippen molar-refractivity contribution in [1.82, 2.24) is 14.4 Å². The van der Waals surface area contributed by atoms with Gasteiger partial charge < -0.3 is 28.1 Å². The number of morpholine rings is 1. The quantitative estimate of drug-likeness (QED) is 0.578. The van der Waals surface area contributed by atoms with E-state index in [0.717, 1.165) is 13.1 Å². The third kappa shape index (κ3) is 5.02. The van der Waals surface area contributed by atoms with Crippen LogP contribution in [0.2, 0.25) is 0 Å². The molecule has 184 valence electrons. The molecule has 10 nitrogen and oxygen atoms in total. The fraction of sp³-hybridized carbons (Fsp3) is 0.542. The van der Waals surface area contributed by atoms with Gasteiger partial charge in [-0.1, -0.05) is 0 Å². The van der Waals surface area contributed by atoms with Gasteiger partial charge >= 0.3 is 5.97 Å². The van der Waals surface area contributed by atoms with E-state index < -0.39 is 5.97 Å². The van der Waals surface area contributed by atoms with E-state index in [1.165, 1.54) is 13.2 Å². The molecule has 2 aromatic rings. The molecule has 1 saturated heterocycles. The molecular weight excluding hydrogens is 442 g/mol. The van der Waals surface area contributed by atoms with Crippen LogP contribution in [0.4, 0.5) is 0 Å². The van der Waals surface area contributed by atoms with E-state index in [-0.39, 0.29) is 29.3 Å². The molecule has 10 heteroatoms. The molecule has 2 aliphatic heterocycles. The Morgan fingerprint density at radius 3 is 2.50 bits per heavy atom. The SMILES string of the molecule is COC(=O)c1c(OCCN2CCOCC2)cc(=O)n2c1CCN(C(=O)c1cc(C)oc1C)CC2. The maximum atomic E-state index is 13.1. The third-order valence-corrected chi connectivity index (χ3v) is 6.31. The minimum atomic E-state index is -0.564. The van der Waals surface area contributed by atoms with Crippen molar-refractivity contribution in [1.29, 1.82) is 0 Å². The summed E-state index contributed by atoms with van der Waals surface area (Å²) in [7, 11) is 1.30. The summed E-state index contributed by atoms with van der Waals surface area (Å²) in [4.78, 5) is 42.7. The van der Waals surface area contributed by atoms with Gasteiger partial charge in [-0.15, -0.1) is 0 Å². The molecular formula is C24H31N3O7. The molecule has 0 spiro atoms. The van der Waals surface area contributed by atoms with Crippen LogP contribution in [-0.4, -0.2) is 85.9 Å². The van der Waals surface area contributed by atoms with Gasteiger partial charge in [0.1, 0.15) is 29.4 Å². The summed E-state index contributed by atoms with van der Waals surface area (Å²) in [6.07, 6.45) is 0.321. The third-order valence-electron chi connectivity index (χ3n) is 6.31. The summed E-state index contributed by atoms with van der Waals surface area (Å²) in [5.74, 6) is 0.732. The van der Waals surface area contributed by atoms with Crippen molar-refractivity contribution in [2.75, 3.05) is 59.7 Å². The molecule has 2 aromatic heterocycles. The minimum absolute atomic E-state index is 0.156. The Bertz CT molecular complexity index is 1110. The monoisotopic (exact) mass is 473 g/mol. The van der Waals surface area contributed by atoms with Gasteiger partial charge in [0.2, 0.25) is 0 Å². The van der Waals surface area contributed by atoms with E-state index in [1.54, 1.807) is 29.4 Å². The zero-order valence-electron chi connectivity index (χ0n) is 19.9. The van der Waals surface area contributed by atoms with Gasteiger partial charge in [0.15, 0.2) is 0 Å². The van der Waals surface area contributed by atoms with Crippen LogP contribution in [-0.2, 0) is 22.4 Å². The molecule has 0 radical (unpaired) electrons. The molecule has 0 aliphatic carbocycles. The lowest BCUT2D eigenvalue weighted by Gasteiger charge is -2.26. The normalized spacial score (nSPS) is 16.6. The number of carbonyl (C=O) groups excluding carboxylic acids is 2. The Balaban J connectivity index is 1.56. The number of rotatable bonds is 6. The lowest BCUT2D eigenvalue weighted by atomic mass is 10.1. The first kappa shape index (κ1) is 24.0. The van der Waals surface area contributed by atoms with Crippen molar-refractivity contribution in [3.05, 3.63) is 50.8 Å². The summed E-state index contributed by atoms with van der Waals surface area (Å²) in [5.41, 5.74) is 1.01. The van der Waals surface area contributed by atoms with Crippen LogP contribution in [0.25, 0.3) is 0 Å². The van der Waals surface area contributed by atoms with Crippen molar-refractivity contribution in [3.63, 3.8) is 0 Å². The molecule has 34 heavy (non-hydrogen) atoms. The highest BCUT2D eigenvalue weighted by Gasteiger charge is 2.29. The van der Waals surface area contributed by atoms with Crippen LogP contribution in [0, 0.1) is 13.8 Å². The molecule has 1 fully saturated rings. The second kappa shape index (κ2) is 10.4. The zero-order valence-corrected chi connectivity index (χ0v) is 19.9. The van der Waals surface area contributed by atoms with E-state index in [2.05, 4.69) is 4.90 Å². The van der Waals surface area contributed by atoms with E-state index in [1.807, 2.05) is 0 Å². The van der Waals surface area contributed by atoms with Crippen LogP contribution in [0.3, 0.4) is 0 Å². The van der Waals surface area contributed by atoms with Gasteiger partial charge in [0.05, 0.1) is 25.9 Å². The Labute approximate surface area is 198 Å². The van der Waals surface area contributed by atoms with Crippen molar-refractivity contribution < 1.29 is 28.2 Å². The number of pyridine rings is 1. The van der Waals surface area contributed by atoms with Crippen LogP contribution in [0.15, 0.2) is 21.3 Å². The molecule has 0 unspecified atom stereocenters. The summed E-state index contributed by atoms with van der Waals surface area (Å²) in [5, 5.41) is 0. The summed E-state index contributed by atoms with van der Waals surface area (Å²) in [6.45, 7) is 8.51. The summed E-state index contributed by atoms with van der Waals surface area (Å²) in [6, 6.07) is 3.07. The Kier molecular flexibility index (Phi) is 7.38. The summed E-state index contributed by atoms with van der Waals surface area (Å²) < 4.78 is 23.4. The molecule has 2 aliphatic rings. The molecule has 0 bridgehead atoms. The van der Waals surface area contributed by atoms with Crippen LogP contribution in [0.5, 0.6) is 5.75 Å². The van der Waals surface area contributed by atoms with Gasteiger partial charge in [-0.05, 0) is 19.9 Å². The van der Waals surface area contributed by atoms with E-state index in [9.17, 15) is 14.4 Å². The second-order valence-electron chi connectivity index (χ2n) is 8.48. The first-order chi connectivity index (χ1) is 16.4. The smallest absolute Gasteiger partial charge is 0.343 e. The van der Waals surface area contributed by atoms with Gasteiger partial charge in [-0.25, -0.2) is 4.79 Å². The molecule has 0 saturated carbocycles. The number of hydrogen-bond acceptors (Lipinski definition) is 8. The van der Waals surface area contributed by atoms with Crippen LogP contribution >= 0.6 is 0 Å². The number of furan rings is 1. The average Bonchev–Trinajstić information content (AvgIpc) is 3.03. The minimum Gasteiger partial charge on any atom is -0.491 e. The number of amides is 1. The van der Waals surface area contributed by atoms with Gasteiger partial charge in [0, 0.05) is 57.4 Å². The number of esters is 1. The average molecular weight is 474 g/mol. The fourth-order valence-corrected chi connectivity index (χ4v) is 4.51. The topological polar surface area (TPSA) is 103 Å².